The Labute approximate surface area is 157 Å². The molecule has 26 heavy (non-hydrogen) atoms. The molecule has 0 aliphatic carbocycles. The van der Waals surface area contributed by atoms with Gasteiger partial charge in [-0.1, -0.05) is 6.92 Å². The van der Waals surface area contributed by atoms with Crippen LogP contribution < -0.4 is 4.90 Å². The molecule has 1 fully saturated rings. The number of aromatic nitrogens is 3. The van der Waals surface area contributed by atoms with E-state index in [2.05, 4.69) is 27.8 Å². The molecule has 1 aliphatic heterocycles. The van der Waals surface area contributed by atoms with E-state index >= 15 is 0 Å². The van der Waals surface area contributed by atoms with Crippen molar-refractivity contribution in [1.29, 1.82) is 0 Å². The lowest BCUT2D eigenvalue weighted by molar-refractivity contribution is 0.188. The molecular formula is C19H23N5OS. The molecule has 0 bridgehead atoms. The van der Waals surface area contributed by atoms with Gasteiger partial charge in [-0.2, -0.15) is 0 Å². The Morgan fingerprint density at radius 1 is 1.19 bits per heavy atom. The fourth-order valence-electron chi connectivity index (χ4n) is 3.32. The van der Waals surface area contributed by atoms with Gasteiger partial charge in [-0.05, 0) is 24.6 Å². The third kappa shape index (κ3) is 3.42. The Bertz CT molecular complexity index is 874. The highest BCUT2D eigenvalue weighted by molar-refractivity contribution is 7.18. The van der Waals surface area contributed by atoms with Gasteiger partial charge < -0.3 is 10.0 Å². The van der Waals surface area contributed by atoms with E-state index in [0.717, 1.165) is 66.6 Å². The summed E-state index contributed by atoms with van der Waals surface area (Å²) in [5.74, 6) is 1.76. The van der Waals surface area contributed by atoms with Crippen molar-refractivity contribution in [1.82, 2.24) is 19.9 Å². The smallest absolute Gasteiger partial charge is 0.164 e. The lowest BCUT2D eigenvalue weighted by Gasteiger charge is -2.35. The van der Waals surface area contributed by atoms with E-state index in [4.69, 9.17) is 15.1 Å². The van der Waals surface area contributed by atoms with Crippen molar-refractivity contribution in [2.45, 2.75) is 13.3 Å². The molecule has 0 amide bonds. The van der Waals surface area contributed by atoms with Gasteiger partial charge in [-0.25, -0.2) is 9.97 Å². The largest absolute Gasteiger partial charge is 0.395 e. The van der Waals surface area contributed by atoms with E-state index in [0.29, 0.717) is 0 Å². The number of aryl methyl sites for hydroxylation is 1. The van der Waals surface area contributed by atoms with Crippen molar-refractivity contribution >= 4 is 27.4 Å². The molecule has 1 saturated heterocycles. The van der Waals surface area contributed by atoms with Crippen LogP contribution in [0.3, 0.4) is 0 Å². The van der Waals surface area contributed by atoms with Crippen LogP contribution in [-0.4, -0.2) is 64.3 Å². The molecule has 0 spiro atoms. The van der Waals surface area contributed by atoms with Gasteiger partial charge in [0.2, 0.25) is 0 Å². The lowest BCUT2D eigenvalue weighted by atomic mass is 10.2. The second kappa shape index (κ2) is 7.65. The average Bonchev–Trinajstić information content (AvgIpc) is 3.12. The summed E-state index contributed by atoms with van der Waals surface area (Å²) in [6.45, 7) is 6.84. The molecule has 6 nitrogen and oxygen atoms in total. The molecule has 3 aromatic rings. The standard InChI is InChI=1S/C19H23N5OS/c1-2-15-12-16-18(24-8-6-23(7-9-24)10-11-25)21-17(22-19(16)26-15)14-4-3-5-20-13-14/h3-5,12-13,25H,2,6-11H2,1H3. The second-order valence-electron chi connectivity index (χ2n) is 6.45. The lowest BCUT2D eigenvalue weighted by Crippen LogP contribution is -2.47. The molecule has 1 N–H and O–H groups in total. The Morgan fingerprint density at radius 3 is 2.73 bits per heavy atom. The van der Waals surface area contributed by atoms with Crippen molar-refractivity contribution in [2.24, 2.45) is 0 Å². The fourth-order valence-corrected chi connectivity index (χ4v) is 4.28. The van der Waals surface area contributed by atoms with E-state index in [1.807, 2.05) is 18.3 Å². The maximum absolute atomic E-state index is 9.15. The van der Waals surface area contributed by atoms with Crippen LogP contribution in [0.2, 0.25) is 0 Å². The zero-order valence-electron chi connectivity index (χ0n) is 14.9. The van der Waals surface area contributed by atoms with Crippen molar-refractivity contribution < 1.29 is 5.11 Å². The molecule has 1 aliphatic rings. The second-order valence-corrected chi connectivity index (χ2v) is 7.57. The number of nitrogens with zero attached hydrogens (tertiary/aromatic N) is 5. The first-order valence-electron chi connectivity index (χ1n) is 9.07. The predicted octanol–water partition coefficient (Wildman–Crippen LogP) is 2.43. The van der Waals surface area contributed by atoms with Gasteiger partial charge in [0.1, 0.15) is 10.6 Å². The number of piperazine rings is 1. The normalized spacial score (nSPS) is 15.7. The number of β-amino-alcohol motifs (C(OH)–C–C–N with tert-alkyl or cyclic N) is 1. The van der Waals surface area contributed by atoms with Gasteiger partial charge in [-0.3, -0.25) is 9.88 Å². The minimum Gasteiger partial charge on any atom is -0.395 e. The minimum absolute atomic E-state index is 0.216. The topological polar surface area (TPSA) is 65.4 Å². The van der Waals surface area contributed by atoms with Crippen LogP contribution in [0.25, 0.3) is 21.6 Å². The predicted molar refractivity (Wildman–Crippen MR) is 106 cm³/mol. The molecule has 0 saturated carbocycles. The van der Waals surface area contributed by atoms with Crippen LogP contribution in [0.15, 0.2) is 30.6 Å². The van der Waals surface area contributed by atoms with E-state index in [1.165, 1.54) is 4.88 Å². The Kier molecular flexibility index (Phi) is 5.10. The van der Waals surface area contributed by atoms with Crippen LogP contribution in [0, 0.1) is 0 Å². The number of anilines is 1. The van der Waals surface area contributed by atoms with Crippen molar-refractivity contribution in [3.63, 3.8) is 0 Å². The van der Waals surface area contributed by atoms with Crippen LogP contribution in [0.4, 0.5) is 5.82 Å². The summed E-state index contributed by atoms with van der Waals surface area (Å²) >= 11 is 1.75. The molecule has 4 rings (SSSR count). The highest BCUT2D eigenvalue weighted by Crippen LogP contribution is 2.33. The first kappa shape index (κ1) is 17.3. The fraction of sp³-hybridized carbons (Fsp3) is 0.421. The van der Waals surface area contributed by atoms with Crippen LogP contribution in [0.5, 0.6) is 0 Å². The highest BCUT2D eigenvalue weighted by Gasteiger charge is 2.22. The van der Waals surface area contributed by atoms with Crippen LogP contribution >= 0.6 is 11.3 Å². The molecule has 0 atom stereocenters. The van der Waals surface area contributed by atoms with Gasteiger partial charge in [0.05, 0.1) is 12.0 Å². The summed E-state index contributed by atoms with van der Waals surface area (Å²) < 4.78 is 0. The first-order valence-corrected chi connectivity index (χ1v) is 9.89. The summed E-state index contributed by atoms with van der Waals surface area (Å²) in [6, 6.07) is 6.16. The summed E-state index contributed by atoms with van der Waals surface area (Å²) in [6.07, 6.45) is 4.59. The van der Waals surface area contributed by atoms with Gasteiger partial charge in [0.15, 0.2) is 5.82 Å². The Morgan fingerprint density at radius 2 is 2.04 bits per heavy atom. The molecule has 136 valence electrons. The van der Waals surface area contributed by atoms with Gasteiger partial charge in [0, 0.05) is 55.6 Å². The zero-order valence-corrected chi connectivity index (χ0v) is 15.7. The highest BCUT2D eigenvalue weighted by atomic mass is 32.1. The van der Waals surface area contributed by atoms with Crippen LogP contribution in [-0.2, 0) is 6.42 Å². The molecule has 0 unspecified atom stereocenters. The SMILES string of the molecule is CCc1cc2c(N3CCN(CCO)CC3)nc(-c3cccnc3)nc2s1. The molecule has 0 radical (unpaired) electrons. The first-order chi connectivity index (χ1) is 12.8. The third-order valence-electron chi connectivity index (χ3n) is 4.78. The Hall–Kier alpha value is -2.09. The van der Waals surface area contributed by atoms with Crippen molar-refractivity contribution in [3.8, 4) is 11.4 Å². The number of hydrogen-bond acceptors (Lipinski definition) is 7. The number of aliphatic hydroxyl groups excluding tert-OH is 1. The summed E-state index contributed by atoms with van der Waals surface area (Å²) in [4.78, 5) is 21.0. The average molecular weight is 369 g/mol. The zero-order chi connectivity index (χ0) is 17.9. The minimum atomic E-state index is 0.216. The number of hydrogen-bond donors (Lipinski definition) is 1. The maximum Gasteiger partial charge on any atom is 0.164 e. The number of fused-ring (bicyclic) bond motifs is 1. The Balaban J connectivity index is 1.73. The number of aliphatic hydroxyl groups is 1. The molecule has 7 heteroatoms. The summed E-state index contributed by atoms with van der Waals surface area (Å²) in [7, 11) is 0. The number of rotatable bonds is 5. The van der Waals surface area contributed by atoms with Gasteiger partial charge in [-0.15, -0.1) is 11.3 Å². The van der Waals surface area contributed by atoms with Gasteiger partial charge >= 0.3 is 0 Å². The quantitative estimate of drug-likeness (QED) is 0.745. The maximum atomic E-state index is 9.15. The number of pyridine rings is 1. The van der Waals surface area contributed by atoms with Crippen molar-refractivity contribution in [2.75, 3.05) is 44.2 Å². The third-order valence-corrected chi connectivity index (χ3v) is 5.95. The summed E-state index contributed by atoms with van der Waals surface area (Å²) in [5.41, 5.74) is 0.945. The van der Waals surface area contributed by atoms with E-state index in [1.54, 1.807) is 17.5 Å². The molecule has 3 aromatic heterocycles. The van der Waals surface area contributed by atoms with E-state index in [-0.39, 0.29) is 6.61 Å². The van der Waals surface area contributed by atoms with Crippen molar-refractivity contribution in [3.05, 3.63) is 35.5 Å². The monoisotopic (exact) mass is 369 g/mol. The molecule has 0 aromatic carbocycles. The summed E-state index contributed by atoms with van der Waals surface area (Å²) in [5, 5.41) is 10.3. The van der Waals surface area contributed by atoms with E-state index in [9.17, 15) is 0 Å². The van der Waals surface area contributed by atoms with E-state index < -0.39 is 0 Å². The number of thiophene rings is 1. The van der Waals surface area contributed by atoms with Crippen LogP contribution in [0.1, 0.15) is 11.8 Å². The molecule has 4 heterocycles. The van der Waals surface area contributed by atoms with Gasteiger partial charge in [0.25, 0.3) is 0 Å². The molecular weight excluding hydrogens is 346 g/mol.